The Morgan fingerprint density at radius 3 is 1.81 bits per heavy atom. The minimum atomic E-state index is -3.94. The first-order valence-corrected chi connectivity index (χ1v) is 20.1. The summed E-state index contributed by atoms with van der Waals surface area (Å²) < 4.78 is 46.7. The maximum Gasteiger partial charge on any atom is 0.338 e. The number of aromatic nitrogens is 2. The second kappa shape index (κ2) is 18.2. The molecule has 4 aromatic carbocycles. The maximum absolute atomic E-state index is 14.1. The molecule has 15 heteroatoms. The average molecular weight is 806 g/mol. The minimum Gasteiger partial charge on any atom is -0.462 e. The molecule has 2 N–H and O–H groups in total. The van der Waals surface area contributed by atoms with Gasteiger partial charge in [0, 0.05) is 41.8 Å². The maximum atomic E-state index is 14.1. The van der Waals surface area contributed by atoms with E-state index in [1.165, 1.54) is 71.0 Å². The van der Waals surface area contributed by atoms with Crippen molar-refractivity contribution in [3.8, 4) is 16.9 Å². The lowest BCUT2D eigenvalue weighted by molar-refractivity contribution is -0.118. The summed E-state index contributed by atoms with van der Waals surface area (Å²) in [5, 5.41) is 10.3. The molecule has 0 bridgehead atoms. The van der Waals surface area contributed by atoms with E-state index in [9.17, 15) is 27.6 Å². The Bertz CT molecular complexity index is 2340. The molecule has 1 aliphatic rings. The summed E-state index contributed by atoms with van der Waals surface area (Å²) in [5.74, 6) is -2.64. The van der Waals surface area contributed by atoms with E-state index in [0.717, 1.165) is 0 Å². The summed E-state index contributed by atoms with van der Waals surface area (Å²) in [4.78, 5) is 52.7. The molecule has 2 atom stereocenters. The van der Waals surface area contributed by atoms with Crippen LogP contribution in [0.1, 0.15) is 54.0 Å². The van der Waals surface area contributed by atoms with Crippen molar-refractivity contribution in [3.05, 3.63) is 132 Å². The number of nitrogens with one attached hydrogen (secondary N) is 2. The van der Waals surface area contributed by atoms with Gasteiger partial charge in [0.1, 0.15) is 11.3 Å². The highest BCUT2D eigenvalue weighted by Crippen LogP contribution is 2.30. The predicted octanol–water partition coefficient (Wildman–Crippen LogP) is 6.35. The van der Waals surface area contributed by atoms with Crippen LogP contribution in [0, 0.1) is 0 Å². The second-order valence-electron chi connectivity index (χ2n) is 13.4. The Balaban J connectivity index is 1.42. The highest BCUT2D eigenvalue weighted by atomic mass is 32.2. The molecule has 58 heavy (non-hydrogen) atoms. The molecule has 0 saturated carbocycles. The number of sulfonamides is 1. The zero-order chi connectivity index (χ0) is 41.4. The van der Waals surface area contributed by atoms with Crippen molar-refractivity contribution in [1.29, 1.82) is 0 Å². The van der Waals surface area contributed by atoms with Crippen molar-refractivity contribution in [3.63, 3.8) is 0 Å². The van der Waals surface area contributed by atoms with Gasteiger partial charge in [-0.1, -0.05) is 30.3 Å². The third-order valence-electron chi connectivity index (χ3n) is 8.99. The first-order chi connectivity index (χ1) is 27.9. The highest BCUT2D eigenvalue weighted by Gasteiger charge is 2.32. The largest absolute Gasteiger partial charge is 0.462 e. The fourth-order valence-electron chi connectivity index (χ4n) is 6.30. The average Bonchev–Trinajstić information content (AvgIpc) is 3.64. The van der Waals surface area contributed by atoms with Gasteiger partial charge in [0.25, 0.3) is 11.8 Å². The molecule has 1 fully saturated rings. The summed E-state index contributed by atoms with van der Waals surface area (Å²) in [7, 11) is -3.94. The number of morpholine rings is 1. The van der Waals surface area contributed by atoms with E-state index in [2.05, 4.69) is 10.6 Å². The van der Waals surface area contributed by atoms with Crippen molar-refractivity contribution in [2.45, 2.75) is 44.8 Å². The number of para-hydroxylation sites is 1. The number of rotatable bonds is 13. The third-order valence-corrected chi connectivity index (χ3v) is 10.8. The molecule has 2 amide bonds. The molecule has 1 aliphatic heterocycles. The van der Waals surface area contributed by atoms with Crippen LogP contribution in [0.15, 0.2) is 120 Å². The van der Waals surface area contributed by atoms with Crippen LogP contribution in [-0.2, 0) is 33.8 Å². The molecule has 5 aromatic rings. The number of esters is 2. The number of amides is 2. The summed E-state index contributed by atoms with van der Waals surface area (Å²) in [6.07, 6.45) is 2.43. The summed E-state index contributed by atoms with van der Waals surface area (Å²) in [5.41, 5.74) is 2.50. The van der Waals surface area contributed by atoms with Gasteiger partial charge >= 0.3 is 11.9 Å². The van der Waals surface area contributed by atoms with Gasteiger partial charge in [0.05, 0.1) is 47.1 Å². The van der Waals surface area contributed by atoms with E-state index in [0.29, 0.717) is 33.9 Å². The lowest BCUT2D eigenvalue weighted by atomic mass is 10.0. The van der Waals surface area contributed by atoms with Crippen LogP contribution < -0.4 is 10.6 Å². The Morgan fingerprint density at radius 1 is 0.759 bits per heavy atom. The number of carbonyl (C=O) groups excluding carboxylic acids is 4. The van der Waals surface area contributed by atoms with Gasteiger partial charge in [-0.15, -0.1) is 0 Å². The number of hydrogen-bond donors (Lipinski definition) is 2. The Labute approximate surface area is 336 Å². The number of anilines is 2. The molecule has 2 unspecified atom stereocenters. The van der Waals surface area contributed by atoms with Crippen molar-refractivity contribution in [1.82, 2.24) is 14.1 Å². The van der Waals surface area contributed by atoms with Crippen molar-refractivity contribution in [2.75, 3.05) is 36.9 Å². The molecular weight excluding hydrogens is 763 g/mol. The normalized spacial score (nSPS) is 15.5. The van der Waals surface area contributed by atoms with E-state index >= 15 is 0 Å². The predicted molar refractivity (Wildman–Crippen MR) is 218 cm³/mol. The Morgan fingerprint density at radius 2 is 1.29 bits per heavy atom. The van der Waals surface area contributed by atoms with Gasteiger partial charge in [-0.2, -0.15) is 9.40 Å². The Kier molecular flexibility index (Phi) is 13.0. The fraction of sp³-hybridized carbons (Fsp3) is 0.233. The molecule has 0 spiro atoms. The number of nitrogens with zero attached hydrogens (tertiary/aromatic N) is 3. The van der Waals surface area contributed by atoms with E-state index < -0.39 is 33.8 Å². The molecule has 0 radical (unpaired) electrons. The van der Waals surface area contributed by atoms with Crippen molar-refractivity contribution >= 4 is 51.2 Å². The van der Waals surface area contributed by atoms with Crippen LogP contribution in [0.5, 0.6) is 0 Å². The van der Waals surface area contributed by atoms with E-state index in [1.54, 1.807) is 36.9 Å². The highest BCUT2D eigenvalue weighted by molar-refractivity contribution is 7.89. The second-order valence-corrected chi connectivity index (χ2v) is 15.3. The van der Waals surface area contributed by atoms with Gasteiger partial charge < -0.3 is 24.8 Å². The fourth-order valence-corrected chi connectivity index (χ4v) is 7.94. The van der Waals surface area contributed by atoms with Gasteiger partial charge in [-0.3, -0.25) is 9.59 Å². The minimum absolute atomic E-state index is 0.0451. The van der Waals surface area contributed by atoms with Gasteiger partial charge in [0.15, 0.2) is 0 Å². The molecule has 1 saturated heterocycles. The summed E-state index contributed by atoms with van der Waals surface area (Å²) in [6.45, 7) is 7.81. The number of ether oxygens (including phenoxy) is 3. The van der Waals surface area contributed by atoms with E-state index in [1.807, 2.05) is 44.2 Å². The number of carbonyl (C=O) groups is 4. The smallest absolute Gasteiger partial charge is 0.338 e. The van der Waals surface area contributed by atoms with Crippen LogP contribution in [0.3, 0.4) is 0 Å². The standard InChI is InChI=1S/C43H43N5O9S/c1-5-55-42(51)30-15-19-34(20-16-30)44-40(49)38(41(50)45-35-21-17-31(18-22-35)43(52)56-6-2)24-33-27-48(36-12-8-7-9-13-36)46-39(33)32-11-10-14-37(23-32)58(53,54)47-25-28(3)57-29(4)26-47/h7-24,27-29H,5-6,25-26H2,1-4H3,(H,44,49)(H,45,50). The molecule has 0 aliphatic carbocycles. The van der Waals surface area contributed by atoms with Crippen LogP contribution in [-0.4, -0.2) is 84.8 Å². The molecule has 1 aromatic heterocycles. The third kappa shape index (κ3) is 9.74. The zero-order valence-electron chi connectivity index (χ0n) is 32.4. The monoisotopic (exact) mass is 805 g/mol. The topological polar surface area (TPSA) is 175 Å². The van der Waals surface area contributed by atoms with Gasteiger partial charge in [-0.05, 0) is 107 Å². The quantitative estimate of drug-likeness (QED) is 0.0591. The van der Waals surface area contributed by atoms with Crippen LogP contribution in [0.25, 0.3) is 23.0 Å². The van der Waals surface area contributed by atoms with Gasteiger partial charge in [0.2, 0.25) is 10.0 Å². The lowest BCUT2D eigenvalue weighted by Crippen LogP contribution is -2.48. The molecular formula is C43H43N5O9S. The molecule has 6 rings (SSSR count). The lowest BCUT2D eigenvalue weighted by Gasteiger charge is -2.34. The van der Waals surface area contributed by atoms with Crippen molar-refractivity contribution in [2.24, 2.45) is 0 Å². The summed E-state index contributed by atoms with van der Waals surface area (Å²) >= 11 is 0. The number of benzene rings is 4. The molecule has 300 valence electrons. The first kappa shape index (κ1) is 41.2. The van der Waals surface area contributed by atoms with Crippen LogP contribution >= 0.6 is 0 Å². The summed E-state index contributed by atoms with van der Waals surface area (Å²) in [6, 6.07) is 27.5. The SMILES string of the molecule is CCOC(=O)c1ccc(NC(=O)C(=Cc2cn(-c3ccccc3)nc2-c2cccc(S(=O)(=O)N3CC(C)OC(C)C3)c2)C(=O)Nc2ccc(C(=O)OCC)cc2)cc1. The van der Waals surface area contributed by atoms with E-state index in [4.69, 9.17) is 19.3 Å². The van der Waals surface area contributed by atoms with Crippen molar-refractivity contribution < 1.29 is 41.8 Å². The Hall–Kier alpha value is -6.42. The van der Waals surface area contributed by atoms with Gasteiger partial charge in [-0.25, -0.2) is 22.7 Å². The molecule has 14 nitrogen and oxygen atoms in total. The van der Waals surface area contributed by atoms with Crippen LogP contribution in [0.4, 0.5) is 11.4 Å². The van der Waals surface area contributed by atoms with E-state index in [-0.39, 0.29) is 60.1 Å². The molecule has 2 heterocycles. The number of hydrogen-bond acceptors (Lipinski definition) is 10. The first-order valence-electron chi connectivity index (χ1n) is 18.7. The zero-order valence-corrected chi connectivity index (χ0v) is 33.2. The van der Waals surface area contributed by atoms with Crippen LogP contribution in [0.2, 0.25) is 0 Å².